The number of methoxy groups -OCH3 is 1. The third kappa shape index (κ3) is 1.97. The Labute approximate surface area is 118 Å². The second-order valence-corrected chi connectivity index (χ2v) is 4.83. The lowest BCUT2D eigenvalue weighted by molar-refractivity contribution is 0.416. The molecule has 3 nitrogen and oxygen atoms in total. The molecule has 1 aromatic heterocycles. The number of nitrogens with zero attached hydrogens (tertiary/aromatic N) is 1. The van der Waals surface area contributed by atoms with Crippen molar-refractivity contribution in [3.8, 4) is 16.9 Å². The Hall–Kier alpha value is -2.55. The number of anilines is 1. The fourth-order valence-electron chi connectivity index (χ4n) is 2.48. The number of hydrogen-bond donors (Lipinski definition) is 1. The number of ether oxygens (including phenoxy) is 1. The van der Waals surface area contributed by atoms with E-state index >= 15 is 0 Å². The highest BCUT2D eigenvalue weighted by Crippen LogP contribution is 2.37. The maximum Gasteiger partial charge on any atom is 0.126 e. The molecular weight excluding hydrogens is 248 g/mol. The van der Waals surface area contributed by atoms with Gasteiger partial charge in [0.15, 0.2) is 0 Å². The number of nitrogens with two attached hydrogens (primary N) is 1. The van der Waals surface area contributed by atoms with Crippen LogP contribution in [0.2, 0.25) is 0 Å². The summed E-state index contributed by atoms with van der Waals surface area (Å²) in [5, 5.41) is 2.05. The van der Waals surface area contributed by atoms with Gasteiger partial charge in [-0.15, -0.1) is 0 Å². The van der Waals surface area contributed by atoms with E-state index in [2.05, 4.69) is 18.0 Å². The minimum absolute atomic E-state index is 0.739. The van der Waals surface area contributed by atoms with Crippen molar-refractivity contribution in [3.05, 3.63) is 54.4 Å². The maximum absolute atomic E-state index is 6.03. The van der Waals surface area contributed by atoms with Gasteiger partial charge in [0.1, 0.15) is 5.75 Å². The monoisotopic (exact) mass is 264 g/mol. The van der Waals surface area contributed by atoms with Crippen molar-refractivity contribution < 1.29 is 4.74 Å². The first-order valence-corrected chi connectivity index (χ1v) is 6.48. The number of nitrogen functional groups attached to an aromatic ring is 1. The summed E-state index contributed by atoms with van der Waals surface area (Å²) >= 11 is 0. The largest absolute Gasteiger partial charge is 0.496 e. The van der Waals surface area contributed by atoms with Crippen LogP contribution in [0.5, 0.6) is 5.75 Å². The number of aromatic nitrogens is 1. The smallest absolute Gasteiger partial charge is 0.126 e. The summed E-state index contributed by atoms with van der Waals surface area (Å²) in [6.07, 6.45) is 3.59. The summed E-state index contributed by atoms with van der Waals surface area (Å²) in [6, 6.07) is 12.1. The van der Waals surface area contributed by atoms with E-state index in [1.807, 2.05) is 30.3 Å². The Balaban J connectivity index is 2.36. The molecule has 0 unspecified atom stereocenters. The Bertz CT molecular complexity index is 781. The highest BCUT2D eigenvalue weighted by atomic mass is 16.5. The average Bonchev–Trinajstić information content (AvgIpc) is 2.48. The number of aryl methyl sites for hydroxylation is 1. The standard InChI is InChI=1S/C17H16N2O/c1-11-3-6-17(20-2)14(9-11)12-4-5-16(18)15-10-19-8-7-13(12)15/h3-10H,18H2,1-2H3. The molecule has 0 atom stereocenters. The molecule has 3 heteroatoms. The summed E-state index contributed by atoms with van der Waals surface area (Å²) in [5.74, 6) is 0.860. The van der Waals surface area contributed by atoms with Crippen molar-refractivity contribution in [3.63, 3.8) is 0 Å². The number of rotatable bonds is 2. The molecule has 0 aliphatic heterocycles. The molecule has 0 aliphatic rings. The van der Waals surface area contributed by atoms with Crippen LogP contribution in [0.25, 0.3) is 21.9 Å². The van der Waals surface area contributed by atoms with Crippen molar-refractivity contribution in [1.82, 2.24) is 4.98 Å². The molecule has 100 valence electrons. The summed E-state index contributed by atoms with van der Waals surface area (Å²) in [7, 11) is 1.69. The van der Waals surface area contributed by atoms with E-state index in [0.717, 1.165) is 33.3 Å². The van der Waals surface area contributed by atoms with Gasteiger partial charge in [0.05, 0.1) is 7.11 Å². The van der Waals surface area contributed by atoms with Gasteiger partial charge in [0.2, 0.25) is 0 Å². The van der Waals surface area contributed by atoms with Crippen LogP contribution in [0.3, 0.4) is 0 Å². The van der Waals surface area contributed by atoms with Crippen LogP contribution in [0, 0.1) is 6.92 Å². The topological polar surface area (TPSA) is 48.1 Å². The lowest BCUT2D eigenvalue weighted by Gasteiger charge is -2.13. The molecule has 0 bridgehead atoms. The molecule has 0 fully saturated rings. The highest BCUT2D eigenvalue weighted by Gasteiger charge is 2.11. The summed E-state index contributed by atoms with van der Waals surface area (Å²) in [4.78, 5) is 4.16. The van der Waals surface area contributed by atoms with Gasteiger partial charge in [0.25, 0.3) is 0 Å². The number of benzene rings is 2. The molecule has 3 aromatic rings. The molecule has 2 N–H and O–H groups in total. The van der Waals surface area contributed by atoms with Crippen molar-refractivity contribution in [1.29, 1.82) is 0 Å². The van der Waals surface area contributed by atoms with Gasteiger partial charge in [-0.3, -0.25) is 4.98 Å². The summed E-state index contributed by atoms with van der Waals surface area (Å²) < 4.78 is 5.49. The van der Waals surface area contributed by atoms with E-state index < -0.39 is 0 Å². The SMILES string of the molecule is COc1ccc(C)cc1-c1ccc(N)c2cnccc12. The first kappa shape index (κ1) is 12.5. The van der Waals surface area contributed by atoms with Gasteiger partial charge in [-0.1, -0.05) is 17.7 Å². The molecular formula is C17H16N2O. The quantitative estimate of drug-likeness (QED) is 0.716. The minimum atomic E-state index is 0.739. The second-order valence-electron chi connectivity index (χ2n) is 4.83. The molecule has 3 rings (SSSR count). The molecule has 0 saturated heterocycles. The number of fused-ring (bicyclic) bond motifs is 1. The third-order valence-electron chi connectivity index (χ3n) is 3.50. The van der Waals surface area contributed by atoms with E-state index in [9.17, 15) is 0 Å². The fourth-order valence-corrected chi connectivity index (χ4v) is 2.48. The molecule has 2 aromatic carbocycles. The van der Waals surface area contributed by atoms with Gasteiger partial charge in [0, 0.05) is 29.0 Å². The van der Waals surface area contributed by atoms with Crippen LogP contribution < -0.4 is 10.5 Å². The number of hydrogen-bond acceptors (Lipinski definition) is 3. The summed E-state index contributed by atoms with van der Waals surface area (Å²) in [6.45, 7) is 2.07. The molecule has 0 amide bonds. The van der Waals surface area contributed by atoms with Gasteiger partial charge in [-0.25, -0.2) is 0 Å². The predicted octanol–water partition coefficient (Wildman–Crippen LogP) is 3.80. The zero-order chi connectivity index (χ0) is 14.1. The van der Waals surface area contributed by atoms with Crippen molar-refractivity contribution >= 4 is 16.5 Å². The first-order valence-electron chi connectivity index (χ1n) is 6.48. The van der Waals surface area contributed by atoms with Gasteiger partial charge in [-0.2, -0.15) is 0 Å². The van der Waals surface area contributed by atoms with Crippen molar-refractivity contribution in [2.45, 2.75) is 6.92 Å². The lowest BCUT2D eigenvalue weighted by atomic mass is 9.96. The van der Waals surface area contributed by atoms with E-state index in [1.165, 1.54) is 5.56 Å². The maximum atomic E-state index is 6.03. The van der Waals surface area contributed by atoms with Gasteiger partial charge < -0.3 is 10.5 Å². The normalized spacial score (nSPS) is 10.7. The second kappa shape index (κ2) is 4.85. The van der Waals surface area contributed by atoms with E-state index in [0.29, 0.717) is 0 Å². The van der Waals surface area contributed by atoms with E-state index in [4.69, 9.17) is 10.5 Å². The number of pyridine rings is 1. The van der Waals surface area contributed by atoms with Crippen LogP contribution in [0.15, 0.2) is 48.8 Å². The van der Waals surface area contributed by atoms with Crippen LogP contribution in [-0.4, -0.2) is 12.1 Å². The average molecular weight is 264 g/mol. The zero-order valence-electron chi connectivity index (χ0n) is 11.6. The molecule has 20 heavy (non-hydrogen) atoms. The van der Waals surface area contributed by atoms with E-state index in [1.54, 1.807) is 19.5 Å². The predicted molar refractivity (Wildman–Crippen MR) is 82.9 cm³/mol. The third-order valence-corrected chi connectivity index (χ3v) is 3.50. The Kier molecular flexibility index (Phi) is 3.03. The molecule has 1 heterocycles. The van der Waals surface area contributed by atoms with E-state index in [-0.39, 0.29) is 0 Å². The molecule has 0 radical (unpaired) electrons. The van der Waals surface area contributed by atoms with Crippen LogP contribution >= 0.6 is 0 Å². The molecule has 0 aliphatic carbocycles. The van der Waals surface area contributed by atoms with Gasteiger partial charge in [-0.05, 0) is 42.1 Å². The Morgan fingerprint density at radius 1 is 1.00 bits per heavy atom. The lowest BCUT2D eigenvalue weighted by Crippen LogP contribution is -1.93. The molecule has 0 spiro atoms. The minimum Gasteiger partial charge on any atom is -0.496 e. The van der Waals surface area contributed by atoms with Crippen LogP contribution in [-0.2, 0) is 0 Å². The van der Waals surface area contributed by atoms with Gasteiger partial charge >= 0.3 is 0 Å². The van der Waals surface area contributed by atoms with Crippen LogP contribution in [0.4, 0.5) is 5.69 Å². The summed E-state index contributed by atoms with van der Waals surface area (Å²) in [5.41, 5.74) is 10.1. The van der Waals surface area contributed by atoms with Crippen molar-refractivity contribution in [2.24, 2.45) is 0 Å². The first-order chi connectivity index (χ1) is 9.70. The highest BCUT2D eigenvalue weighted by molar-refractivity contribution is 6.03. The molecule has 0 saturated carbocycles. The van der Waals surface area contributed by atoms with Crippen LogP contribution in [0.1, 0.15) is 5.56 Å². The van der Waals surface area contributed by atoms with Crippen molar-refractivity contribution in [2.75, 3.05) is 12.8 Å². The zero-order valence-corrected chi connectivity index (χ0v) is 11.6. The Morgan fingerprint density at radius 2 is 1.85 bits per heavy atom. The Morgan fingerprint density at radius 3 is 2.65 bits per heavy atom. The fraction of sp³-hybridized carbons (Fsp3) is 0.118.